The fraction of sp³-hybridized carbons (Fsp3) is 0.667. The zero-order chi connectivity index (χ0) is 23.0. The first kappa shape index (κ1) is 23.2. The minimum absolute atomic E-state index is 0.0616. The minimum Gasteiger partial charge on any atom is -0.444 e. The van der Waals surface area contributed by atoms with Gasteiger partial charge in [0.05, 0.1) is 12.1 Å². The average molecular weight is 464 g/mol. The van der Waals surface area contributed by atoms with Gasteiger partial charge in [-0.3, -0.25) is 0 Å². The third-order valence-corrected chi connectivity index (χ3v) is 6.82. The lowest BCUT2D eigenvalue weighted by Gasteiger charge is -2.36. The fourth-order valence-corrected chi connectivity index (χ4v) is 5.29. The van der Waals surface area contributed by atoms with Crippen LogP contribution in [0.3, 0.4) is 0 Å². The number of benzene rings is 1. The molecule has 0 N–H and O–H groups in total. The molecule has 2 atom stereocenters. The molecular formula is C24H34ClN3O4. The molecule has 0 aromatic heterocycles. The van der Waals surface area contributed by atoms with Crippen molar-refractivity contribution in [3.05, 3.63) is 33.8 Å². The zero-order valence-electron chi connectivity index (χ0n) is 19.5. The van der Waals surface area contributed by atoms with Crippen LogP contribution in [0.1, 0.15) is 62.8 Å². The molecule has 0 spiro atoms. The number of likely N-dealkylation sites (tertiary alicyclic amines) is 2. The van der Waals surface area contributed by atoms with Crippen molar-refractivity contribution in [3.8, 4) is 0 Å². The van der Waals surface area contributed by atoms with Gasteiger partial charge in [0, 0.05) is 44.9 Å². The van der Waals surface area contributed by atoms with E-state index in [1.165, 1.54) is 5.56 Å². The molecule has 3 aliphatic rings. The predicted octanol–water partition coefficient (Wildman–Crippen LogP) is 4.61. The van der Waals surface area contributed by atoms with E-state index in [0.29, 0.717) is 31.2 Å². The summed E-state index contributed by atoms with van der Waals surface area (Å²) in [6.07, 6.45) is 3.24. The largest absolute Gasteiger partial charge is 0.444 e. The van der Waals surface area contributed by atoms with Crippen molar-refractivity contribution in [2.24, 2.45) is 0 Å². The Hall–Kier alpha value is -1.99. The maximum Gasteiger partial charge on any atom is 0.410 e. The summed E-state index contributed by atoms with van der Waals surface area (Å²) in [6, 6.07) is 3.95. The Bertz CT molecular complexity index is 885. The molecule has 0 bridgehead atoms. The van der Waals surface area contributed by atoms with Crippen molar-refractivity contribution in [1.29, 1.82) is 0 Å². The van der Waals surface area contributed by atoms with E-state index in [1.54, 1.807) is 7.11 Å². The molecule has 1 aromatic carbocycles. The number of amides is 3. The summed E-state index contributed by atoms with van der Waals surface area (Å²) in [5, 5.41) is 0.678. The van der Waals surface area contributed by atoms with Gasteiger partial charge < -0.3 is 24.2 Å². The number of ether oxygens (including phenoxy) is 2. The van der Waals surface area contributed by atoms with Crippen LogP contribution in [0.4, 0.5) is 9.59 Å². The van der Waals surface area contributed by atoms with E-state index in [4.69, 9.17) is 21.1 Å². The van der Waals surface area contributed by atoms with Crippen LogP contribution >= 0.6 is 11.6 Å². The second kappa shape index (κ2) is 9.10. The number of methoxy groups -OCH3 is 1. The van der Waals surface area contributed by atoms with E-state index in [0.717, 1.165) is 43.4 Å². The maximum atomic E-state index is 13.2. The molecule has 1 aromatic rings. The first-order valence-electron chi connectivity index (χ1n) is 11.5. The number of halogens is 1. The van der Waals surface area contributed by atoms with Crippen LogP contribution < -0.4 is 0 Å². The fourth-order valence-electron chi connectivity index (χ4n) is 5.04. The van der Waals surface area contributed by atoms with E-state index >= 15 is 0 Å². The second-order valence-electron chi connectivity index (χ2n) is 10.0. The van der Waals surface area contributed by atoms with Gasteiger partial charge in [0.25, 0.3) is 0 Å². The lowest BCUT2D eigenvalue weighted by Crippen LogP contribution is -2.45. The molecule has 2 unspecified atom stereocenters. The molecule has 3 heterocycles. The zero-order valence-corrected chi connectivity index (χ0v) is 20.3. The Kier molecular flexibility index (Phi) is 6.59. The minimum atomic E-state index is -0.545. The SMILES string of the molecule is COC1CCN(C(=O)N2CCc3cc(Cl)cc(C4CCCN4C(=O)OC(C)(C)C)c3C2)C1. The number of hydrogen-bond acceptors (Lipinski definition) is 4. The van der Waals surface area contributed by atoms with Crippen LogP contribution in [0.25, 0.3) is 0 Å². The summed E-state index contributed by atoms with van der Waals surface area (Å²) in [4.78, 5) is 31.7. The van der Waals surface area contributed by atoms with Crippen LogP contribution in [0.15, 0.2) is 12.1 Å². The van der Waals surface area contributed by atoms with Gasteiger partial charge in [0.1, 0.15) is 5.60 Å². The summed E-state index contributed by atoms with van der Waals surface area (Å²) in [5.41, 5.74) is 2.79. The third-order valence-electron chi connectivity index (χ3n) is 6.60. The van der Waals surface area contributed by atoms with E-state index in [2.05, 4.69) is 0 Å². The number of nitrogens with zero attached hydrogens (tertiary/aromatic N) is 3. The highest BCUT2D eigenvalue weighted by Gasteiger charge is 2.37. The van der Waals surface area contributed by atoms with Gasteiger partial charge in [-0.1, -0.05) is 11.6 Å². The van der Waals surface area contributed by atoms with E-state index in [-0.39, 0.29) is 24.3 Å². The summed E-state index contributed by atoms with van der Waals surface area (Å²) in [5.74, 6) is 0. The van der Waals surface area contributed by atoms with Gasteiger partial charge in [0.2, 0.25) is 0 Å². The number of hydrogen-bond donors (Lipinski definition) is 0. The quantitative estimate of drug-likeness (QED) is 0.642. The molecule has 3 amide bonds. The number of urea groups is 1. The van der Waals surface area contributed by atoms with E-state index in [9.17, 15) is 9.59 Å². The van der Waals surface area contributed by atoms with Crippen molar-refractivity contribution >= 4 is 23.7 Å². The summed E-state index contributed by atoms with van der Waals surface area (Å²) in [7, 11) is 1.70. The molecule has 3 aliphatic heterocycles. The van der Waals surface area contributed by atoms with Crippen LogP contribution in [-0.2, 0) is 22.4 Å². The monoisotopic (exact) mass is 463 g/mol. The van der Waals surface area contributed by atoms with Gasteiger partial charge in [0.15, 0.2) is 0 Å². The van der Waals surface area contributed by atoms with Crippen LogP contribution in [0, 0.1) is 0 Å². The standard InChI is InChI=1S/C24H34ClN3O4/c1-24(2,3)32-23(30)28-9-5-6-21(28)19-13-17(25)12-16-7-10-27(15-20(16)19)22(29)26-11-8-18(14-26)31-4/h12-13,18,21H,5-11,14-15H2,1-4H3. The Morgan fingerprint density at radius 3 is 2.56 bits per heavy atom. The summed E-state index contributed by atoms with van der Waals surface area (Å²) >= 11 is 6.49. The first-order chi connectivity index (χ1) is 15.2. The van der Waals surface area contributed by atoms with E-state index < -0.39 is 5.60 Å². The second-order valence-corrected chi connectivity index (χ2v) is 10.4. The Balaban J connectivity index is 1.57. The van der Waals surface area contributed by atoms with Gasteiger partial charge >= 0.3 is 12.1 Å². The maximum absolute atomic E-state index is 13.2. The number of carbonyl (C=O) groups is 2. The van der Waals surface area contributed by atoms with Gasteiger partial charge in [-0.2, -0.15) is 0 Å². The molecule has 0 saturated carbocycles. The smallest absolute Gasteiger partial charge is 0.410 e. The normalized spacial score (nSPS) is 23.5. The van der Waals surface area contributed by atoms with Crippen molar-refractivity contribution in [2.75, 3.05) is 33.3 Å². The average Bonchev–Trinajstić information content (AvgIpc) is 3.40. The third kappa shape index (κ3) is 4.84. The Morgan fingerprint density at radius 1 is 1.09 bits per heavy atom. The molecule has 176 valence electrons. The van der Waals surface area contributed by atoms with Crippen LogP contribution in [0.5, 0.6) is 0 Å². The van der Waals surface area contributed by atoms with Crippen LogP contribution in [-0.4, -0.2) is 71.8 Å². The van der Waals surface area contributed by atoms with Crippen LogP contribution in [0.2, 0.25) is 5.02 Å². The lowest BCUT2D eigenvalue weighted by molar-refractivity contribution is 0.0223. The molecule has 8 heteroatoms. The van der Waals surface area contributed by atoms with Gasteiger partial charge in [-0.05, 0) is 75.3 Å². The number of carbonyl (C=O) groups excluding carboxylic acids is 2. The predicted molar refractivity (Wildman–Crippen MR) is 123 cm³/mol. The van der Waals surface area contributed by atoms with E-state index in [1.807, 2.05) is 47.6 Å². The summed E-state index contributed by atoms with van der Waals surface area (Å²) < 4.78 is 11.1. The lowest BCUT2D eigenvalue weighted by atomic mass is 9.90. The van der Waals surface area contributed by atoms with Crippen molar-refractivity contribution in [2.45, 2.75) is 70.7 Å². The highest BCUT2D eigenvalue weighted by Crippen LogP contribution is 2.39. The molecule has 2 saturated heterocycles. The highest BCUT2D eigenvalue weighted by molar-refractivity contribution is 6.30. The summed E-state index contributed by atoms with van der Waals surface area (Å²) in [6.45, 7) is 8.88. The first-order valence-corrected chi connectivity index (χ1v) is 11.9. The number of fused-ring (bicyclic) bond motifs is 1. The molecule has 7 nitrogen and oxygen atoms in total. The van der Waals surface area contributed by atoms with Crippen molar-refractivity contribution < 1.29 is 19.1 Å². The molecule has 32 heavy (non-hydrogen) atoms. The molecular weight excluding hydrogens is 430 g/mol. The molecule has 4 rings (SSSR count). The van der Waals surface area contributed by atoms with Gasteiger partial charge in [-0.25, -0.2) is 9.59 Å². The number of rotatable bonds is 2. The molecule has 0 radical (unpaired) electrons. The highest BCUT2D eigenvalue weighted by atomic mass is 35.5. The topological polar surface area (TPSA) is 62.3 Å². The van der Waals surface area contributed by atoms with Gasteiger partial charge in [-0.15, -0.1) is 0 Å². The van der Waals surface area contributed by atoms with Crippen molar-refractivity contribution in [3.63, 3.8) is 0 Å². The Morgan fingerprint density at radius 2 is 1.88 bits per heavy atom. The molecule has 0 aliphatic carbocycles. The Labute approximate surface area is 195 Å². The van der Waals surface area contributed by atoms with Crippen molar-refractivity contribution in [1.82, 2.24) is 14.7 Å². The molecule has 2 fully saturated rings.